The first-order chi connectivity index (χ1) is 17.7. The highest BCUT2D eigenvalue weighted by molar-refractivity contribution is 5.83. The van der Waals surface area contributed by atoms with Crippen LogP contribution in [0.25, 0.3) is 50.5 Å². The number of pyridine rings is 2. The van der Waals surface area contributed by atoms with Crippen LogP contribution in [0.15, 0.2) is 73.2 Å². The summed E-state index contributed by atoms with van der Waals surface area (Å²) in [6.07, 6.45) is -0.550. The van der Waals surface area contributed by atoms with Crippen molar-refractivity contribution < 1.29 is 30.7 Å². The lowest BCUT2D eigenvalue weighted by Gasteiger charge is -2.12. The quantitative estimate of drug-likeness (QED) is 0.212. The van der Waals surface area contributed by atoms with Gasteiger partial charge < -0.3 is 4.98 Å². The molecule has 0 amide bonds. The smallest absolute Gasteiger partial charge is 0.338 e. The van der Waals surface area contributed by atoms with Crippen molar-refractivity contribution in [2.75, 3.05) is 0 Å². The summed E-state index contributed by atoms with van der Waals surface area (Å²) in [4.78, 5) is 13.6. The van der Waals surface area contributed by atoms with Crippen LogP contribution in [0.3, 0.4) is 0 Å². The first-order valence-electron chi connectivity index (χ1n) is 10.9. The standard InChI is InChI=1S/C26H13F6N5/c27-14-6-7-19-20(10-14)36-24(35-19)17-9-13(11-33-23(17)26(30,31)32)15-4-2-8-37-21(15)12-34-25(37)16-3-1-5-18(28)22(16)29/h1-12H,(H,35,36)/p+1. The van der Waals surface area contributed by atoms with Gasteiger partial charge in [0.2, 0.25) is 0 Å². The highest BCUT2D eigenvalue weighted by atomic mass is 19.4. The molecule has 0 aliphatic rings. The molecule has 0 atom stereocenters. The van der Waals surface area contributed by atoms with Gasteiger partial charge in [-0.3, -0.25) is 4.98 Å². The van der Waals surface area contributed by atoms with E-state index in [4.69, 9.17) is 0 Å². The summed E-state index contributed by atoms with van der Waals surface area (Å²) in [5.74, 6) is -2.50. The molecule has 0 spiro atoms. The molecule has 0 fully saturated rings. The molecule has 0 aliphatic heterocycles. The maximum atomic E-state index is 14.5. The van der Waals surface area contributed by atoms with Gasteiger partial charge in [-0.15, -0.1) is 0 Å². The molecule has 0 bridgehead atoms. The first-order valence-corrected chi connectivity index (χ1v) is 10.9. The largest absolute Gasteiger partial charge is 0.434 e. The van der Waals surface area contributed by atoms with Crippen molar-refractivity contribution in [3.63, 3.8) is 0 Å². The number of nitrogens with zero attached hydrogens (tertiary/aromatic N) is 3. The second-order valence-electron chi connectivity index (χ2n) is 8.28. The molecule has 2 aromatic carbocycles. The molecule has 0 aliphatic carbocycles. The fourth-order valence-corrected chi connectivity index (χ4v) is 4.34. The molecule has 0 saturated heterocycles. The van der Waals surface area contributed by atoms with E-state index < -0.39 is 29.3 Å². The lowest BCUT2D eigenvalue weighted by Crippen LogP contribution is -2.22. The number of nitrogens with one attached hydrogen (secondary N) is 2. The zero-order chi connectivity index (χ0) is 25.9. The van der Waals surface area contributed by atoms with Gasteiger partial charge in [0.05, 0.1) is 17.2 Å². The maximum Gasteiger partial charge on any atom is 0.434 e. The van der Waals surface area contributed by atoms with Gasteiger partial charge in [-0.25, -0.2) is 23.1 Å². The van der Waals surface area contributed by atoms with Crippen LogP contribution in [0.1, 0.15) is 5.69 Å². The Kier molecular flexibility index (Phi) is 5.04. The number of hydrogen-bond donors (Lipinski definition) is 2. The van der Waals surface area contributed by atoms with Gasteiger partial charge in [-0.1, -0.05) is 6.07 Å². The van der Waals surface area contributed by atoms with Crippen molar-refractivity contribution in [2.24, 2.45) is 0 Å². The molecule has 4 heterocycles. The SMILES string of the molecule is Fc1ccc2nc(-c3cc(-c4ccc[n+]5c(-c6cccc(F)c6F)[nH]cc45)cnc3C(F)(F)F)[nH]c2c1. The average molecular weight is 510 g/mol. The number of hydrogen-bond acceptors (Lipinski definition) is 2. The number of H-pyrrole nitrogens is 2. The Bertz CT molecular complexity index is 1820. The van der Waals surface area contributed by atoms with Crippen molar-refractivity contribution in [1.29, 1.82) is 0 Å². The molecule has 184 valence electrons. The molecule has 4 aromatic heterocycles. The third kappa shape index (κ3) is 3.79. The zero-order valence-electron chi connectivity index (χ0n) is 18.5. The number of halogens is 6. The van der Waals surface area contributed by atoms with E-state index in [-0.39, 0.29) is 28.3 Å². The van der Waals surface area contributed by atoms with Crippen LogP contribution in [-0.4, -0.2) is 19.9 Å². The molecule has 11 heteroatoms. The van der Waals surface area contributed by atoms with Crippen LogP contribution in [0.2, 0.25) is 0 Å². The molecular weight excluding hydrogens is 496 g/mol. The number of benzene rings is 2. The van der Waals surface area contributed by atoms with E-state index >= 15 is 0 Å². The Morgan fingerprint density at radius 3 is 2.49 bits per heavy atom. The molecule has 6 rings (SSSR count). The van der Waals surface area contributed by atoms with E-state index in [1.807, 2.05) is 0 Å². The van der Waals surface area contributed by atoms with Gasteiger partial charge in [0, 0.05) is 22.9 Å². The summed E-state index contributed by atoms with van der Waals surface area (Å²) in [5, 5.41) is 0. The number of aromatic nitrogens is 5. The van der Waals surface area contributed by atoms with Crippen molar-refractivity contribution in [3.05, 3.63) is 96.3 Å². The highest BCUT2D eigenvalue weighted by Gasteiger charge is 2.37. The molecule has 0 saturated carbocycles. The Hall–Kier alpha value is -4.67. The number of fused-ring (bicyclic) bond motifs is 2. The monoisotopic (exact) mass is 510 g/mol. The molecule has 0 unspecified atom stereocenters. The zero-order valence-corrected chi connectivity index (χ0v) is 18.5. The van der Waals surface area contributed by atoms with Crippen molar-refractivity contribution in [2.45, 2.75) is 6.18 Å². The van der Waals surface area contributed by atoms with Gasteiger partial charge >= 0.3 is 6.18 Å². The molecule has 5 nitrogen and oxygen atoms in total. The van der Waals surface area contributed by atoms with Crippen molar-refractivity contribution in [1.82, 2.24) is 19.9 Å². The van der Waals surface area contributed by atoms with Gasteiger partial charge in [0.1, 0.15) is 23.4 Å². The van der Waals surface area contributed by atoms with Gasteiger partial charge in [-0.2, -0.15) is 17.6 Å². The van der Waals surface area contributed by atoms with E-state index in [2.05, 4.69) is 19.9 Å². The summed E-state index contributed by atoms with van der Waals surface area (Å²) < 4.78 is 85.1. The predicted octanol–water partition coefficient (Wildman–Crippen LogP) is 6.46. The minimum absolute atomic E-state index is 0.0158. The van der Waals surface area contributed by atoms with Crippen molar-refractivity contribution >= 4 is 16.6 Å². The number of alkyl halides is 3. The number of rotatable bonds is 3. The van der Waals surface area contributed by atoms with Gasteiger partial charge in [0.25, 0.3) is 5.82 Å². The minimum Gasteiger partial charge on any atom is -0.338 e. The van der Waals surface area contributed by atoms with Crippen molar-refractivity contribution in [3.8, 4) is 33.9 Å². The number of aromatic amines is 2. The first kappa shape index (κ1) is 22.8. The molecule has 37 heavy (non-hydrogen) atoms. The van der Waals surface area contributed by atoms with Crippen LogP contribution in [0.4, 0.5) is 26.3 Å². The van der Waals surface area contributed by atoms with Gasteiger partial charge in [-0.05, 0) is 48.5 Å². The summed E-state index contributed by atoms with van der Waals surface area (Å²) in [6.45, 7) is 0. The van der Waals surface area contributed by atoms with Gasteiger partial charge in [0.15, 0.2) is 22.8 Å². The molecule has 0 radical (unpaired) electrons. The van der Waals surface area contributed by atoms with Crippen LogP contribution >= 0.6 is 0 Å². The van der Waals surface area contributed by atoms with E-state index in [1.165, 1.54) is 30.5 Å². The van der Waals surface area contributed by atoms with E-state index in [1.54, 1.807) is 22.7 Å². The second kappa shape index (κ2) is 8.19. The van der Waals surface area contributed by atoms with E-state index in [9.17, 15) is 26.3 Å². The topological polar surface area (TPSA) is 61.5 Å². The molecule has 2 N–H and O–H groups in total. The summed E-state index contributed by atoms with van der Waals surface area (Å²) in [6, 6.07) is 12.0. The average Bonchev–Trinajstić information content (AvgIpc) is 3.49. The van der Waals surface area contributed by atoms with Crippen LogP contribution in [-0.2, 0) is 6.18 Å². The third-order valence-electron chi connectivity index (χ3n) is 5.99. The van der Waals surface area contributed by atoms with Crippen LogP contribution in [0.5, 0.6) is 0 Å². The van der Waals surface area contributed by atoms with E-state index in [0.29, 0.717) is 22.2 Å². The molecular formula is C26H14F6N5+. The predicted molar refractivity (Wildman–Crippen MR) is 123 cm³/mol. The third-order valence-corrected chi connectivity index (χ3v) is 5.99. The lowest BCUT2D eigenvalue weighted by atomic mass is 10.0. The molecule has 6 aromatic rings. The summed E-state index contributed by atoms with van der Waals surface area (Å²) >= 11 is 0. The normalized spacial score (nSPS) is 12.1. The summed E-state index contributed by atoms with van der Waals surface area (Å²) in [5.41, 5.74) is 0.309. The Morgan fingerprint density at radius 2 is 1.68 bits per heavy atom. The Balaban J connectivity index is 1.54. The highest BCUT2D eigenvalue weighted by Crippen LogP contribution is 2.38. The fraction of sp³-hybridized carbons (Fsp3) is 0.0385. The lowest BCUT2D eigenvalue weighted by molar-refractivity contribution is -0.498. The minimum atomic E-state index is -4.78. The van der Waals surface area contributed by atoms with Crippen LogP contribution < -0.4 is 4.40 Å². The Morgan fingerprint density at radius 1 is 0.865 bits per heavy atom. The van der Waals surface area contributed by atoms with E-state index in [0.717, 1.165) is 24.4 Å². The van der Waals surface area contributed by atoms with Crippen LogP contribution in [0, 0.1) is 17.5 Å². The number of imidazole rings is 2. The summed E-state index contributed by atoms with van der Waals surface area (Å²) in [7, 11) is 0. The Labute approximate surface area is 204 Å². The maximum absolute atomic E-state index is 14.5. The second-order valence-corrected chi connectivity index (χ2v) is 8.28. The fourth-order valence-electron chi connectivity index (χ4n) is 4.34.